The third kappa shape index (κ3) is 3.95. The first-order valence-electron chi connectivity index (χ1n) is 6.30. The summed E-state index contributed by atoms with van der Waals surface area (Å²) < 4.78 is 5.52. The molecule has 1 aromatic rings. The summed E-state index contributed by atoms with van der Waals surface area (Å²) in [5, 5.41) is 11.9. The van der Waals surface area contributed by atoms with Crippen LogP contribution in [0, 0.1) is 11.3 Å². The Bertz CT molecular complexity index is 505. The summed E-state index contributed by atoms with van der Waals surface area (Å²) in [6, 6.07) is 6.80. The predicted molar refractivity (Wildman–Crippen MR) is 73.0 cm³/mol. The van der Waals surface area contributed by atoms with Gasteiger partial charge in [0.25, 0.3) is 0 Å². The zero-order chi connectivity index (χ0) is 13.7. The van der Waals surface area contributed by atoms with Crippen molar-refractivity contribution in [2.75, 3.05) is 11.9 Å². The SMILES string of the molecule is N#Cc1ccc(NC(=O)CC2CCCCO2)c(Cl)c1. The number of carbonyl (C=O) groups excluding carboxylic acids is 1. The van der Waals surface area contributed by atoms with Gasteiger partial charge >= 0.3 is 0 Å². The molecule has 19 heavy (non-hydrogen) atoms. The van der Waals surface area contributed by atoms with Crippen molar-refractivity contribution in [3.8, 4) is 6.07 Å². The Morgan fingerprint density at radius 2 is 2.37 bits per heavy atom. The summed E-state index contributed by atoms with van der Waals surface area (Å²) in [5.74, 6) is -0.112. The van der Waals surface area contributed by atoms with Crippen LogP contribution in [0.25, 0.3) is 0 Å². The van der Waals surface area contributed by atoms with Gasteiger partial charge in [-0.2, -0.15) is 5.26 Å². The lowest BCUT2D eigenvalue weighted by Gasteiger charge is -2.22. The highest BCUT2D eigenvalue weighted by atomic mass is 35.5. The van der Waals surface area contributed by atoms with E-state index in [4.69, 9.17) is 21.6 Å². The van der Waals surface area contributed by atoms with Gasteiger partial charge in [-0.25, -0.2) is 0 Å². The van der Waals surface area contributed by atoms with Gasteiger partial charge in [-0.3, -0.25) is 4.79 Å². The molecular weight excluding hydrogens is 264 g/mol. The fourth-order valence-corrected chi connectivity index (χ4v) is 2.29. The average molecular weight is 279 g/mol. The molecule has 0 spiro atoms. The molecule has 1 fully saturated rings. The zero-order valence-corrected chi connectivity index (χ0v) is 11.2. The molecule has 5 heteroatoms. The lowest BCUT2D eigenvalue weighted by Crippen LogP contribution is -2.25. The zero-order valence-electron chi connectivity index (χ0n) is 10.5. The molecule has 100 valence electrons. The Morgan fingerprint density at radius 1 is 1.53 bits per heavy atom. The highest BCUT2D eigenvalue weighted by molar-refractivity contribution is 6.33. The summed E-state index contributed by atoms with van der Waals surface area (Å²) in [5.41, 5.74) is 1.00. The third-order valence-corrected chi connectivity index (χ3v) is 3.37. The maximum absolute atomic E-state index is 11.9. The highest BCUT2D eigenvalue weighted by Gasteiger charge is 2.18. The molecule has 1 N–H and O–H groups in total. The van der Waals surface area contributed by atoms with Gasteiger partial charge in [-0.15, -0.1) is 0 Å². The van der Waals surface area contributed by atoms with E-state index in [1.165, 1.54) is 6.07 Å². The van der Waals surface area contributed by atoms with Crippen LogP contribution in [0.15, 0.2) is 18.2 Å². The summed E-state index contributed by atoms with van der Waals surface area (Å²) in [7, 11) is 0. The van der Waals surface area contributed by atoms with Gasteiger partial charge in [0, 0.05) is 6.61 Å². The molecule has 1 aliphatic heterocycles. The van der Waals surface area contributed by atoms with E-state index in [1.807, 2.05) is 6.07 Å². The molecule has 2 rings (SSSR count). The molecule has 0 aliphatic carbocycles. The molecule has 4 nitrogen and oxygen atoms in total. The summed E-state index contributed by atoms with van der Waals surface area (Å²) in [6.07, 6.45) is 3.45. The Morgan fingerprint density at radius 3 is 3.00 bits per heavy atom. The highest BCUT2D eigenvalue weighted by Crippen LogP contribution is 2.23. The Balaban J connectivity index is 1.93. The number of ether oxygens (including phenoxy) is 1. The van der Waals surface area contributed by atoms with Gasteiger partial charge in [0.05, 0.1) is 34.9 Å². The van der Waals surface area contributed by atoms with Crippen LogP contribution >= 0.6 is 11.6 Å². The van der Waals surface area contributed by atoms with Crippen LogP contribution in [0.4, 0.5) is 5.69 Å². The number of nitrogens with zero attached hydrogens (tertiary/aromatic N) is 1. The number of halogens is 1. The van der Waals surface area contributed by atoms with Crippen LogP contribution in [0.3, 0.4) is 0 Å². The van der Waals surface area contributed by atoms with Crippen molar-refractivity contribution in [3.63, 3.8) is 0 Å². The fourth-order valence-electron chi connectivity index (χ4n) is 2.06. The van der Waals surface area contributed by atoms with Gasteiger partial charge in [0.2, 0.25) is 5.91 Å². The minimum absolute atomic E-state index is 0.00547. The topological polar surface area (TPSA) is 62.1 Å². The molecule has 1 saturated heterocycles. The van der Waals surface area contributed by atoms with Crippen LogP contribution in [0.1, 0.15) is 31.2 Å². The smallest absolute Gasteiger partial charge is 0.227 e. The quantitative estimate of drug-likeness (QED) is 0.924. The molecule has 1 aromatic carbocycles. The molecule has 1 heterocycles. The van der Waals surface area contributed by atoms with Crippen molar-refractivity contribution in [3.05, 3.63) is 28.8 Å². The second-order valence-corrected chi connectivity index (χ2v) is 4.95. The maximum Gasteiger partial charge on any atom is 0.227 e. The first-order valence-corrected chi connectivity index (χ1v) is 6.68. The van der Waals surface area contributed by atoms with E-state index in [9.17, 15) is 4.79 Å². The first kappa shape index (κ1) is 13.9. The van der Waals surface area contributed by atoms with Crippen molar-refractivity contribution in [2.24, 2.45) is 0 Å². The summed E-state index contributed by atoms with van der Waals surface area (Å²) in [6.45, 7) is 0.732. The molecular formula is C14H15ClN2O2. The van der Waals surface area contributed by atoms with Crippen molar-refractivity contribution in [1.82, 2.24) is 0 Å². The Kier molecular flexibility index (Phi) is 4.78. The van der Waals surface area contributed by atoms with Crippen molar-refractivity contribution in [1.29, 1.82) is 5.26 Å². The molecule has 0 radical (unpaired) electrons. The number of rotatable bonds is 3. The number of nitriles is 1. The van der Waals surface area contributed by atoms with Crippen molar-refractivity contribution in [2.45, 2.75) is 31.8 Å². The largest absolute Gasteiger partial charge is 0.378 e. The lowest BCUT2D eigenvalue weighted by atomic mass is 10.1. The molecule has 0 bridgehead atoms. The van der Waals surface area contributed by atoms with E-state index < -0.39 is 0 Å². The Labute approximate surface area is 117 Å². The van der Waals surface area contributed by atoms with E-state index in [0.29, 0.717) is 22.7 Å². The van der Waals surface area contributed by atoms with Gasteiger partial charge in [0.15, 0.2) is 0 Å². The average Bonchev–Trinajstić information content (AvgIpc) is 2.42. The van der Waals surface area contributed by atoms with E-state index >= 15 is 0 Å². The van der Waals surface area contributed by atoms with Crippen LogP contribution in [-0.4, -0.2) is 18.6 Å². The van der Waals surface area contributed by atoms with Crippen LogP contribution in [-0.2, 0) is 9.53 Å². The number of hydrogen-bond donors (Lipinski definition) is 1. The molecule has 1 aliphatic rings. The van der Waals surface area contributed by atoms with Gasteiger partial charge in [0.1, 0.15) is 0 Å². The van der Waals surface area contributed by atoms with Crippen LogP contribution in [0.5, 0.6) is 0 Å². The minimum atomic E-state index is -0.112. The van der Waals surface area contributed by atoms with Gasteiger partial charge in [-0.05, 0) is 37.5 Å². The Hall–Kier alpha value is -1.57. The number of hydrogen-bond acceptors (Lipinski definition) is 3. The number of carbonyl (C=O) groups is 1. The number of benzene rings is 1. The minimum Gasteiger partial charge on any atom is -0.378 e. The van der Waals surface area contributed by atoms with E-state index in [1.54, 1.807) is 12.1 Å². The van der Waals surface area contributed by atoms with E-state index in [2.05, 4.69) is 5.32 Å². The standard InChI is InChI=1S/C14H15ClN2O2/c15-12-7-10(9-16)4-5-13(12)17-14(18)8-11-3-1-2-6-19-11/h4-5,7,11H,1-3,6,8H2,(H,17,18). The molecule has 0 aromatic heterocycles. The summed E-state index contributed by atoms with van der Waals surface area (Å²) >= 11 is 6.00. The fraction of sp³-hybridized carbons (Fsp3) is 0.429. The van der Waals surface area contributed by atoms with Crippen molar-refractivity contribution < 1.29 is 9.53 Å². The molecule has 1 atom stereocenters. The normalized spacial score (nSPS) is 18.6. The maximum atomic E-state index is 11.9. The third-order valence-electron chi connectivity index (χ3n) is 3.06. The van der Waals surface area contributed by atoms with E-state index in [0.717, 1.165) is 25.9 Å². The lowest BCUT2D eigenvalue weighted by molar-refractivity contribution is -0.119. The summed E-state index contributed by atoms with van der Waals surface area (Å²) in [4.78, 5) is 11.9. The number of nitrogens with one attached hydrogen (secondary N) is 1. The number of amides is 1. The molecule has 1 unspecified atom stereocenters. The number of anilines is 1. The second kappa shape index (κ2) is 6.55. The van der Waals surface area contributed by atoms with Gasteiger partial charge in [-0.1, -0.05) is 11.6 Å². The van der Waals surface area contributed by atoms with Gasteiger partial charge < -0.3 is 10.1 Å². The molecule has 1 amide bonds. The first-order chi connectivity index (χ1) is 9.19. The second-order valence-electron chi connectivity index (χ2n) is 4.55. The monoisotopic (exact) mass is 278 g/mol. The van der Waals surface area contributed by atoms with Crippen LogP contribution in [0.2, 0.25) is 5.02 Å². The van der Waals surface area contributed by atoms with Crippen molar-refractivity contribution >= 4 is 23.2 Å². The molecule has 0 saturated carbocycles. The van der Waals surface area contributed by atoms with E-state index in [-0.39, 0.29) is 12.0 Å². The van der Waals surface area contributed by atoms with Crippen LogP contribution < -0.4 is 5.32 Å². The predicted octanol–water partition coefficient (Wildman–Crippen LogP) is 3.11.